The van der Waals surface area contributed by atoms with E-state index in [1.165, 1.54) is 12.1 Å². The van der Waals surface area contributed by atoms with Crippen molar-refractivity contribution >= 4 is 0 Å². The van der Waals surface area contributed by atoms with Gasteiger partial charge in [0.1, 0.15) is 5.82 Å². The van der Waals surface area contributed by atoms with Crippen LogP contribution in [0.5, 0.6) is 0 Å². The van der Waals surface area contributed by atoms with Crippen LogP contribution in [0.4, 0.5) is 4.39 Å². The van der Waals surface area contributed by atoms with Crippen molar-refractivity contribution in [2.75, 3.05) is 6.61 Å². The van der Waals surface area contributed by atoms with Crippen LogP contribution in [0.15, 0.2) is 30.5 Å². The van der Waals surface area contributed by atoms with Crippen LogP contribution in [-0.2, 0) is 0 Å². The summed E-state index contributed by atoms with van der Waals surface area (Å²) >= 11 is 0. The third kappa shape index (κ3) is 3.72. The number of aliphatic hydroxyl groups is 1. The maximum absolute atomic E-state index is 13.0. The molecule has 2 N–H and O–H groups in total. The fraction of sp³-hybridized carbons (Fsp3) is 0.471. The van der Waals surface area contributed by atoms with E-state index in [4.69, 9.17) is 5.11 Å². The van der Waals surface area contributed by atoms with Crippen LogP contribution in [0.1, 0.15) is 44.0 Å². The second-order valence-electron chi connectivity index (χ2n) is 5.58. The van der Waals surface area contributed by atoms with Crippen LogP contribution in [-0.4, -0.2) is 27.5 Å². The molecule has 0 saturated heterocycles. The molecule has 0 spiro atoms. The third-order valence-corrected chi connectivity index (χ3v) is 4.04. The zero-order chi connectivity index (χ0) is 16.1. The van der Waals surface area contributed by atoms with Crippen LogP contribution in [0.25, 0.3) is 5.69 Å². The number of nitrogens with one attached hydrogen (secondary N) is 1. The maximum Gasteiger partial charge on any atom is 0.123 e. The Labute approximate surface area is 131 Å². The molecule has 0 aliphatic rings. The summed E-state index contributed by atoms with van der Waals surface area (Å²) in [6, 6.07) is 6.74. The Balaban J connectivity index is 2.18. The average molecular weight is 305 g/mol. The molecular formula is C17H24FN3O. The van der Waals surface area contributed by atoms with Crippen LogP contribution >= 0.6 is 0 Å². The van der Waals surface area contributed by atoms with Gasteiger partial charge in [-0.3, -0.25) is 0 Å². The van der Waals surface area contributed by atoms with Gasteiger partial charge in [0.05, 0.1) is 11.9 Å². The topological polar surface area (TPSA) is 50.1 Å². The van der Waals surface area contributed by atoms with Gasteiger partial charge in [-0.05, 0) is 51.0 Å². The number of hydrogen-bond acceptors (Lipinski definition) is 3. The molecule has 1 heterocycles. The molecule has 0 aliphatic heterocycles. The van der Waals surface area contributed by atoms with E-state index in [0.717, 1.165) is 29.8 Å². The number of benzene rings is 1. The summed E-state index contributed by atoms with van der Waals surface area (Å²) in [7, 11) is 0. The molecule has 0 radical (unpaired) electrons. The van der Waals surface area contributed by atoms with E-state index in [-0.39, 0.29) is 24.5 Å². The van der Waals surface area contributed by atoms with Crippen molar-refractivity contribution in [2.24, 2.45) is 0 Å². The Bertz CT molecular complexity index is 594. The molecule has 0 aliphatic carbocycles. The van der Waals surface area contributed by atoms with Crippen LogP contribution in [0, 0.1) is 12.7 Å². The first-order valence-electron chi connectivity index (χ1n) is 7.74. The summed E-state index contributed by atoms with van der Waals surface area (Å²) in [4.78, 5) is 0. The molecule has 1 aromatic carbocycles. The first-order valence-corrected chi connectivity index (χ1v) is 7.74. The number of halogens is 1. The number of rotatable bonds is 7. The van der Waals surface area contributed by atoms with Crippen molar-refractivity contribution in [3.05, 3.63) is 47.5 Å². The molecule has 1 aromatic heterocycles. The van der Waals surface area contributed by atoms with Crippen LogP contribution in [0.3, 0.4) is 0 Å². The van der Waals surface area contributed by atoms with Gasteiger partial charge in [0, 0.05) is 29.9 Å². The van der Waals surface area contributed by atoms with E-state index in [1.54, 1.807) is 12.1 Å². The van der Waals surface area contributed by atoms with Gasteiger partial charge in [-0.15, -0.1) is 0 Å². The van der Waals surface area contributed by atoms with Gasteiger partial charge in [0.2, 0.25) is 0 Å². The standard InChI is InChI=1S/C17H24FN3O/c1-4-15(9-10-22)20-12(2)17-11-19-21(13(17)3)16-7-5-14(18)6-8-16/h5-8,11-12,15,20,22H,4,9-10H2,1-3H3. The van der Waals surface area contributed by atoms with Gasteiger partial charge < -0.3 is 10.4 Å². The molecule has 0 bridgehead atoms. The summed E-state index contributed by atoms with van der Waals surface area (Å²) in [5, 5.41) is 17.0. The number of aliphatic hydroxyl groups excluding tert-OH is 1. The van der Waals surface area contributed by atoms with Crippen LogP contribution < -0.4 is 5.32 Å². The molecule has 2 rings (SSSR count). The van der Waals surface area contributed by atoms with Gasteiger partial charge in [0.25, 0.3) is 0 Å². The molecule has 0 saturated carbocycles. The van der Waals surface area contributed by atoms with Gasteiger partial charge >= 0.3 is 0 Å². The largest absolute Gasteiger partial charge is 0.396 e. The first-order chi connectivity index (χ1) is 10.6. The summed E-state index contributed by atoms with van der Waals surface area (Å²) < 4.78 is 14.9. The van der Waals surface area contributed by atoms with Gasteiger partial charge in [-0.25, -0.2) is 9.07 Å². The van der Waals surface area contributed by atoms with Crippen LogP contribution in [0.2, 0.25) is 0 Å². The molecule has 2 aromatic rings. The van der Waals surface area contributed by atoms with Crippen molar-refractivity contribution in [1.29, 1.82) is 0 Å². The lowest BCUT2D eigenvalue weighted by molar-refractivity contribution is 0.257. The van der Waals surface area contributed by atoms with Crippen molar-refractivity contribution in [2.45, 2.75) is 45.7 Å². The molecule has 2 unspecified atom stereocenters. The summed E-state index contributed by atoms with van der Waals surface area (Å²) in [5.74, 6) is -0.251. The minimum atomic E-state index is -0.251. The minimum Gasteiger partial charge on any atom is -0.396 e. The van der Waals surface area contributed by atoms with E-state index in [0.29, 0.717) is 0 Å². The van der Waals surface area contributed by atoms with E-state index < -0.39 is 0 Å². The lowest BCUT2D eigenvalue weighted by Gasteiger charge is -2.21. The fourth-order valence-corrected chi connectivity index (χ4v) is 2.69. The predicted molar refractivity (Wildman–Crippen MR) is 85.6 cm³/mol. The molecule has 0 amide bonds. The Kier molecular flexibility index (Phi) is 5.69. The second kappa shape index (κ2) is 7.51. The second-order valence-corrected chi connectivity index (χ2v) is 5.58. The Morgan fingerprint density at radius 1 is 1.32 bits per heavy atom. The number of nitrogens with zero attached hydrogens (tertiary/aromatic N) is 2. The zero-order valence-corrected chi connectivity index (χ0v) is 13.4. The molecular weight excluding hydrogens is 281 g/mol. The van der Waals surface area contributed by atoms with E-state index in [9.17, 15) is 4.39 Å². The Morgan fingerprint density at radius 3 is 2.59 bits per heavy atom. The van der Waals surface area contributed by atoms with Crippen molar-refractivity contribution < 1.29 is 9.50 Å². The lowest BCUT2D eigenvalue weighted by atomic mass is 10.1. The Hall–Kier alpha value is -1.72. The van der Waals surface area contributed by atoms with E-state index >= 15 is 0 Å². The van der Waals surface area contributed by atoms with Gasteiger partial charge in [-0.2, -0.15) is 5.10 Å². The summed E-state index contributed by atoms with van der Waals surface area (Å²) in [6.07, 6.45) is 3.56. The highest BCUT2D eigenvalue weighted by molar-refractivity contribution is 5.35. The van der Waals surface area contributed by atoms with E-state index in [2.05, 4.69) is 24.3 Å². The molecule has 5 heteroatoms. The van der Waals surface area contributed by atoms with Crippen molar-refractivity contribution in [3.8, 4) is 5.69 Å². The third-order valence-electron chi connectivity index (χ3n) is 4.04. The fourth-order valence-electron chi connectivity index (χ4n) is 2.69. The molecule has 4 nitrogen and oxygen atoms in total. The summed E-state index contributed by atoms with van der Waals surface area (Å²) in [5.41, 5.74) is 2.99. The molecule has 0 fully saturated rings. The number of aromatic nitrogens is 2. The number of hydrogen-bond donors (Lipinski definition) is 2. The quantitative estimate of drug-likeness (QED) is 0.826. The first kappa shape index (κ1) is 16.6. The maximum atomic E-state index is 13.0. The molecule has 22 heavy (non-hydrogen) atoms. The smallest absolute Gasteiger partial charge is 0.123 e. The lowest BCUT2D eigenvalue weighted by Crippen LogP contribution is -2.32. The Morgan fingerprint density at radius 2 is 2.00 bits per heavy atom. The average Bonchev–Trinajstić information content (AvgIpc) is 2.89. The van der Waals surface area contributed by atoms with Gasteiger partial charge in [0.15, 0.2) is 0 Å². The summed E-state index contributed by atoms with van der Waals surface area (Å²) in [6.45, 7) is 6.40. The predicted octanol–water partition coefficient (Wildman–Crippen LogP) is 3.13. The monoisotopic (exact) mass is 305 g/mol. The highest BCUT2D eigenvalue weighted by Gasteiger charge is 2.17. The normalized spacial score (nSPS) is 14.0. The van der Waals surface area contributed by atoms with Crippen molar-refractivity contribution in [1.82, 2.24) is 15.1 Å². The highest BCUT2D eigenvalue weighted by atomic mass is 19.1. The molecule has 120 valence electrons. The highest BCUT2D eigenvalue weighted by Crippen LogP contribution is 2.21. The molecule has 2 atom stereocenters. The zero-order valence-electron chi connectivity index (χ0n) is 13.4. The van der Waals surface area contributed by atoms with E-state index in [1.807, 2.05) is 17.8 Å². The SMILES string of the molecule is CCC(CCO)NC(C)c1cnn(-c2ccc(F)cc2)c1C. The van der Waals surface area contributed by atoms with Crippen molar-refractivity contribution in [3.63, 3.8) is 0 Å². The van der Waals surface area contributed by atoms with Gasteiger partial charge in [-0.1, -0.05) is 6.92 Å². The minimum absolute atomic E-state index is 0.144.